The smallest absolute Gasteiger partial charge is 0.185 e. The van der Waals surface area contributed by atoms with E-state index in [-0.39, 0.29) is 13.4 Å². The van der Waals surface area contributed by atoms with Gasteiger partial charge in [0.25, 0.3) is 0 Å². The Morgan fingerprint density at radius 3 is 1.25 bits per heavy atom. The van der Waals surface area contributed by atoms with Gasteiger partial charge in [0.15, 0.2) is 5.96 Å². The monoisotopic (exact) mass is 570 g/mol. The number of nitrogens with one attached hydrogen (secondary N) is 3. The van der Waals surface area contributed by atoms with Crippen molar-refractivity contribution in [3.63, 3.8) is 0 Å². The molecule has 0 unspecified atom stereocenters. The predicted molar refractivity (Wildman–Crippen MR) is 186 cm³/mol. The largest absolute Gasteiger partial charge is 0.370 e. The second kappa shape index (κ2) is 33.3. The van der Waals surface area contributed by atoms with E-state index in [1.54, 1.807) is 0 Å². The van der Waals surface area contributed by atoms with E-state index in [4.69, 9.17) is 27.7 Å². The molecule has 0 saturated carbocycles. The number of amidine groups is 1. The van der Waals surface area contributed by atoms with Crippen LogP contribution in [0, 0.1) is 39.9 Å². The molecule has 0 aromatic heterocycles. The standard InChI is InChI=1S/C10H22N2.C9H19N.C7H15N.C6H15N3.CH4/c1-9(2)7-5-6-8-10(11)12(3)4;1-8(2)6-4-5-7-9(3)10;1-6(2)4-5-7(3)8;1-5(2)3-4-9-6(7)8;/h9,11H,5-8H2,1-4H3;8,10H,4-7H2,1-3H3;6,8H,4-5H2,1-3H3;5H,3-4H2,1-2H3,(H4,7,8,9);1H4. The second-order valence-corrected chi connectivity index (χ2v) is 12.6. The normalized spacial score (nSPS) is 9.90. The van der Waals surface area contributed by atoms with Crippen LogP contribution in [0.5, 0.6) is 0 Å². The second-order valence-electron chi connectivity index (χ2n) is 12.6. The fourth-order valence-electron chi connectivity index (χ4n) is 2.97. The SMILES string of the molecule is C.CC(=N)CCC(C)C.CC(=N)CCCCC(C)C.CC(C)CCCCC(=N)N(C)C.CC(C)CCN=C(N)N. The van der Waals surface area contributed by atoms with Gasteiger partial charge in [-0.2, -0.15) is 0 Å². The fraction of sp³-hybridized carbons (Fsp3) is 0.879. The number of hydrogen-bond acceptors (Lipinski definition) is 4. The van der Waals surface area contributed by atoms with Gasteiger partial charge < -0.3 is 27.2 Å². The Balaban J connectivity index is -0.000000136. The summed E-state index contributed by atoms with van der Waals surface area (Å²) in [7, 11) is 3.87. The minimum Gasteiger partial charge on any atom is -0.370 e. The Kier molecular flexibility index (Phi) is 39.8. The first-order chi connectivity index (χ1) is 17.9. The third-order valence-corrected chi connectivity index (χ3v) is 5.67. The zero-order valence-corrected chi connectivity index (χ0v) is 28.3. The first-order valence-corrected chi connectivity index (χ1v) is 15.3. The molecular formula is C33H75N7. The molecule has 0 radical (unpaired) electrons. The Morgan fingerprint density at radius 2 is 0.975 bits per heavy atom. The molecular weight excluding hydrogens is 494 g/mol. The molecule has 0 atom stereocenters. The zero-order valence-electron chi connectivity index (χ0n) is 28.3. The van der Waals surface area contributed by atoms with E-state index in [2.05, 4.69) is 60.4 Å². The highest BCUT2D eigenvalue weighted by atomic mass is 15.1. The van der Waals surface area contributed by atoms with Crippen molar-refractivity contribution in [2.45, 2.75) is 147 Å². The Bertz CT molecular complexity index is 602. The number of unbranched alkanes of at least 4 members (excludes halogenated alkanes) is 2. The van der Waals surface area contributed by atoms with Crippen LogP contribution in [0.4, 0.5) is 0 Å². The minimum atomic E-state index is 0. The van der Waals surface area contributed by atoms with Crippen LogP contribution in [-0.2, 0) is 0 Å². The summed E-state index contributed by atoms with van der Waals surface area (Å²) in [5.74, 6) is 3.99. The van der Waals surface area contributed by atoms with Crippen LogP contribution in [0.1, 0.15) is 147 Å². The third kappa shape index (κ3) is 60.5. The zero-order chi connectivity index (χ0) is 31.4. The summed E-state index contributed by atoms with van der Waals surface area (Å²) < 4.78 is 0. The molecule has 0 fully saturated rings. The van der Waals surface area contributed by atoms with Gasteiger partial charge >= 0.3 is 0 Å². The van der Waals surface area contributed by atoms with Gasteiger partial charge in [0.1, 0.15) is 0 Å². The first kappa shape index (κ1) is 47.8. The Hall–Kier alpha value is -1.92. The number of nitrogens with two attached hydrogens (primary N) is 2. The molecule has 0 heterocycles. The van der Waals surface area contributed by atoms with Gasteiger partial charge in [-0.25, -0.2) is 0 Å². The molecule has 7 nitrogen and oxygen atoms in total. The predicted octanol–water partition coefficient (Wildman–Crippen LogP) is 9.39. The first-order valence-electron chi connectivity index (χ1n) is 15.3. The topological polar surface area (TPSA) is 139 Å². The van der Waals surface area contributed by atoms with Gasteiger partial charge in [0.2, 0.25) is 0 Å². The highest BCUT2D eigenvalue weighted by Crippen LogP contribution is 2.09. The van der Waals surface area contributed by atoms with Crippen LogP contribution in [0.25, 0.3) is 0 Å². The molecule has 0 aromatic carbocycles. The lowest BCUT2D eigenvalue weighted by Gasteiger charge is -2.13. The summed E-state index contributed by atoms with van der Waals surface area (Å²) in [6.07, 6.45) is 12.6. The van der Waals surface area contributed by atoms with Gasteiger partial charge in [-0.1, -0.05) is 88.5 Å². The average molecular weight is 570 g/mol. The number of nitrogens with zero attached hydrogens (tertiary/aromatic N) is 2. The van der Waals surface area contributed by atoms with E-state index >= 15 is 0 Å². The molecule has 0 saturated heterocycles. The molecule has 0 rings (SSSR count). The summed E-state index contributed by atoms with van der Waals surface area (Å²) in [5.41, 5.74) is 11.8. The average Bonchev–Trinajstić information content (AvgIpc) is 2.78. The summed E-state index contributed by atoms with van der Waals surface area (Å²) in [6, 6.07) is 0. The van der Waals surface area contributed by atoms with E-state index in [1.165, 1.54) is 32.1 Å². The van der Waals surface area contributed by atoms with E-state index in [9.17, 15) is 0 Å². The van der Waals surface area contributed by atoms with Crippen molar-refractivity contribution in [2.75, 3.05) is 20.6 Å². The molecule has 40 heavy (non-hydrogen) atoms. The Morgan fingerprint density at radius 1 is 0.600 bits per heavy atom. The molecule has 0 aromatic rings. The minimum absolute atomic E-state index is 0. The molecule has 0 aliphatic rings. The highest BCUT2D eigenvalue weighted by molar-refractivity contribution is 5.79. The van der Waals surface area contributed by atoms with Crippen LogP contribution < -0.4 is 11.5 Å². The van der Waals surface area contributed by atoms with Gasteiger partial charge in [0, 0.05) is 38.5 Å². The van der Waals surface area contributed by atoms with Gasteiger partial charge in [0.05, 0.1) is 5.84 Å². The number of rotatable bonds is 16. The van der Waals surface area contributed by atoms with Crippen molar-refractivity contribution in [1.82, 2.24) is 4.90 Å². The lowest BCUT2D eigenvalue weighted by molar-refractivity contribution is 0.529. The molecule has 7 heteroatoms. The van der Waals surface area contributed by atoms with Crippen molar-refractivity contribution < 1.29 is 0 Å². The van der Waals surface area contributed by atoms with Crippen LogP contribution >= 0.6 is 0 Å². The summed E-state index contributed by atoms with van der Waals surface area (Å²) in [5, 5.41) is 21.8. The van der Waals surface area contributed by atoms with Crippen molar-refractivity contribution in [2.24, 2.45) is 40.1 Å². The molecule has 0 spiro atoms. The Labute approximate surface area is 252 Å². The molecule has 0 bridgehead atoms. The van der Waals surface area contributed by atoms with Crippen molar-refractivity contribution in [1.29, 1.82) is 16.2 Å². The quantitative estimate of drug-likeness (QED) is 0.0718. The van der Waals surface area contributed by atoms with E-state index in [0.717, 1.165) is 80.1 Å². The number of hydrogen-bond donors (Lipinski definition) is 5. The van der Waals surface area contributed by atoms with Crippen molar-refractivity contribution in [3.05, 3.63) is 0 Å². The van der Waals surface area contributed by atoms with E-state index < -0.39 is 0 Å². The van der Waals surface area contributed by atoms with Crippen LogP contribution in [0.2, 0.25) is 0 Å². The lowest BCUT2D eigenvalue weighted by Crippen LogP contribution is -2.23. The summed E-state index contributed by atoms with van der Waals surface area (Å²) >= 11 is 0. The molecule has 0 aliphatic heterocycles. The van der Waals surface area contributed by atoms with Gasteiger partial charge in [-0.05, 0) is 76.0 Å². The summed E-state index contributed by atoms with van der Waals surface area (Å²) in [4.78, 5) is 5.72. The molecule has 0 aliphatic carbocycles. The van der Waals surface area contributed by atoms with Crippen molar-refractivity contribution >= 4 is 23.2 Å². The van der Waals surface area contributed by atoms with Crippen LogP contribution in [0.3, 0.4) is 0 Å². The van der Waals surface area contributed by atoms with Crippen LogP contribution in [0.15, 0.2) is 4.99 Å². The number of guanidine groups is 1. The maximum atomic E-state index is 7.56. The van der Waals surface area contributed by atoms with E-state index in [0.29, 0.717) is 5.92 Å². The molecule has 0 amide bonds. The van der Waals surface area contributed by atoms with Crippen molar-refractivity contribution in [3.8, 4) is 0 Å². The fourth-order valence-corrected chi connectivity index (χ4v) is 2.97. The maximum Gasteiger partial charge on any atom is 0.185 e. The van der Waals surface area contributed by atoms with Gasteiger partial charge in [-0.15, -0.1) is 0 Å². The summed E-state index contributed by atoms with van der Waals surface area (Å²) in [6.45, 7) is 22.1. The highest BCUT2D eigenvalue weighted by Gasteiger charge is 1.99. The maximum absolute atomic E-state index is 7.56. The molecule has 7 N–H and O–H groups in total. The third-order valence-electron chi connectivity index (χ3n) is 5.67. The van der Waals surface area contributed by atoms with Gasteiger partial charge in [-0.3, -0.25) is 10.4 Å². The van der Waals surface area contributed by atoms with E-state index in [1.807, 2.05) is 32.8 Å². The van der Waals surface area contributed by atoms with Crippen LogP contribution in [-0.4, -0.2) is 48.8 Å². The lowest BCUT2D eigenvalue weighted by atomic mass is 10.0. The number of aliphatic imine (C=N–C) groups is 1. The molecule has 242 valence electrons.